The summed E-state index contributed by atoms with van der Waals surface area (Å²) in [6.45, 7) is 1.36. The van der Waals surface area contributed by atoms with Gasteiger partial charge in [-0.15, -0.1) is 10.2 Å². The van der Waals surface area contributed by atoms with Gasteiger partial charge >= 0.3 is 0 Å². The van der Waals surface area contributed by atoms with Gasteiger partial charge in [0.2, 0.25) is 25.2 Å². The summed E-state index contributed by atoms with van der Waals surface area (Å²) in [5.74, 6) is -0.485. The highest BCUT2D eigenvalue weighted by Crippen LogP contribution is 2.23. The third-order valence-electron chi connectivity index (χ3n) is 3.20. The third kappa shape index (κ3) is 3.03. The van der Waals surface area contributed by atoms with Gasteiger partial charge in [-0.2, -0.15) is 0 Å². The van der Waals surface area contributed by atoms with E-state index < -0.39 is 21.0 Å². The summed E-state index contributed by atoms with van der Waals surface area (Å²) in [6.07, 6.45) is 3.95. The first-order valence-electron chi connectivity index (χ1n) is 6.04. The number of nitrogens with one attached hydrogen (secondary N) is 1. The second-order valence-corrected chi connectivity index (χ2v) is 8.03. The molecule has 1 heterocycles. The Balaban J connectivity index is 2.09. The molecule has 1 aromatic heterocycles. The molecule has 1 aliphatic rings. The zero-order chi connectivity index (χ0) is 14.0. The quantitative estimate of drug-likeness (QED) is 0.829. The van der Waals surface area contributed by atoms with Gasteiger partial charge in [0.05, 0.1) is 0 Å². The molecule has 9 heteroatoms. The van der Waals surface area contributed by atoms with Gasteiger partial charge in [0.1, 0.15) is 5.25 Å². The van der Waals surface area contributed by atoms with Crippen LogP contribution in [0.25, 0.3) is 0 Å². The highest BCUT2D eigenvalue weighted by molar-refractivity contribution is 7.94. The maximum atomic E-state index is 12.2. The monoisotopic (exact) mass is 304 g/mol. The van der Waals surface area contributed by atoms with Crippen LogP contribution in [0.5, 0.6) is 0 Å². The largest absolute Gasteiger partial charge is 0.374 e. The number of nitrogen functional groups attached to an aromatic ring is 1. The Hall–Kier alpha value is -1.22. The fourth-order valence-corrected chi connectivity index (χ4v) is 4.32. The lowest BCUT2D eigenvalue weighted by molar-refractivity contribution is -0.121. The fourth-order valence-electron chi connectivity index (χ4n) is 2.02. The van der Waals surface area contributed by atoms with Crippen molar-refractivity contribution < 1.29 is 13.2 Å². The molecule has 1 fully saturated rings. The topological polar surface area (TPSA) is 115 Å². The van der Waals surface area contributed by atoms with Crippen LogP contribution in [0.3, 0.4) is 0 Å². The molecule has 1 aliphatic carbocycles. The minimum atomic E-state index is -3.81. The fraction of sp³-hybridized carbons (Fsp3) is 0.700. The number of nitrogens with two attached hydrogens (primary N) is 1. The van der Waals surface area contributed by atoms with Gasteiger partial charge in [0.25, 0.3) is 0 Å². The van der Waals surface area contributed by atoms with Crippen LogP contribution in [0.2, 0.25) is 0 Å². The van der Waals surface area contributed by atoms with Gasteiger partial charge in [0.15, 0.2) is 0 Å². The number of hydrogen-bond acceptors (Lipinski definition) is 7. The van der Waals surface area contributed by atoms with Crippen molar-refractivity contribution in [2.24, 2.45) is 0 Å². The first-order chi connectivity index (χ1) is 8.91. The second-order valence-electron chi connectivity index (χ2n) is 4.58. The molecule has 0 aliphatic heterocycles. The van der Waals surface area contributed by atoms with Gasteiger partial charge in [-0.1, -0.05) is 24.2 Å². The van der Waals surface area contributed by atoms with Crippen LogP contribution in [0.15, 0.2) is 4.34 Å². The van der Waals surface area contributed by atoms with Gasteiger partial charge < -0.3 is 11.1 Å². The van der Waals surface area contributed by atoms with Crippen molar-refractivity contribution in [3.8, 4) is 0 Å². The number of amides is 1. The summed E-state index contributed by atoms with van der Waals surface area (Å²) in [7, 11) is -3.81. The Morgan fingerprint density at radius 2 is 2.05 bits per heavy atom. The number of aromatic nitrogens is 2. The van der Waals surface area contributed by atoms with E-state index in [9.17, 15) is 13.2 Å². The van der Waals surface area contributed by atoms with E-state index in [2.05, 4.69) is 15.5 Å². The SMILES string of the molecule is C[C@@H](C(=O)NC1CCCC1)S(=O)(=O)c1nnc(N)s1. The van der Waals surface area contributed by atoms with E-state index in [1.165, 1.54) is 6.92 Å². The molecule has 1 saturated carbocycles. The summed E-state index contributed by atoms with van der Waals surface area (Å²) >= 11 is 0.771. The molecule has 0 saturated heterocycles. The predicted molar refractivity (Wildman–Crippen MR) is 71.4 cm³/mol. The molecule has 1 atom stereocenters. The molecule has 7 nitrogen and oxygen atoms in total. The molecule has 106 valence electrons. The van der Waals surface area contributed by atoms with Crippen molar-refractivity contribution in [2.45, 2.75) is 48.2 Å². The second kappa shape index (κ2) is 5.41. The van der Waals surface area contributed by atoms with Crippen molar-refractivity contribution >= 4 is 32.2 Å². The zero-order valence-corrected chi connectivity index (χ0v) is 12.1. The van der Waals surface area contributed by atoms with Crippen LogP contribution in [0, 0.1) is 0 Å². The molecule has 19 heavy (non-hydrogen) atoms. The molecule has 0 spiro atoms. The van der Waals surface area contributed by atoms with Gasteiger partial charge in [-0.05, 0) is 19.8 Å². The minimum Gasteiger partial charge on any atom is -0.374 e. The van der Waals surface area contributed by atoms with E-state index in [-0.39, 0.29) is 15.5 Å². The van der Waals surface area contributed by atoms with Crippen molar-refractivity contribution in [2.75, 3.05) is 5.73 Å². The van der Waals surface area contributed by atoms with Crippen molar-refractivity contribution in [3.05, 3.63) is 0 Å². The molecule has 2 rings (SSSR count). The average molecular weight is 304 g/mol. The average Bonchev–Trinajstić information content (AvgIpc) is 2.99. The Labute approximate surface area is 115 Å². The Bertz CT molecular complexity index is 563. The van der Waals surface area contributed by atoms with E-state index >= 15 is 0 Å². The Kier molecular flexibility index (Phi) is 4.04. The first-order valence-corrected chi connectivity index (χ1v) is 8.41. The molecule has 0 unspecified atom stereocenters. The van der Waals surface area contributed by atoms with Crippen LogP contribution >= 0.6 is 11.3 Å². The maximum absolute atomic E-state index is 12.2. The van der Waals surface area contributed by atoms with Crippen LogP contribution in [0.4, 0.5) is 5.13 Å². The van der Waals surface area contributed by atoms with E-state index in [4.69, 9.17) is 5.73 Å². The Morgan fingerprint density at radius 3 is 2.58 bits per heavy atom. The number of carbonyl (C=O) groups is 1. The highest BCUT2D eigenvalue weighted by Gasteiger charge is 2.34. The molecule has 0 aromatic carbocycles. The van der Waals surface area contributed by atoms with E-state index in [0.29, 0.717) is 0 Å². The molecular weight excluding hydrogens is 288 g/mol. The first kappa shape index (κ1) is 14.2. The van der Waals surface area contributed by atoms with Crippen molar-refractivity contribution in [1.82, 2.24) is 15.5 Å². The number of sulfone groups is 1. The number of rotatable bonds is 4. The van der Waals surface area contributed by atoms with Crippen molar-refractivity contribution in [1.29, 1.82) is 0 Å². The number of carbonyl (C=O) groups excluding carboxylic acids is 1. The summed E-state index contributed by atoms with van der Waals surface area (Å²) in [6, 6.07) is 0.0876. The van der Waals surface area contributed by atoms with E-state index in [1.54, 1.807) is 0 Å². The van der Waals surface area contributed by atoms with Crippen LogP contribution in [0.1, 0.15) is 32.6 Å². The molecule has 3 N–H and O–H groups in total. The molecular formula is C10H16N4O3S2. The van der Waals surface area contributed by atoms with Gasteiger partial charge in [0, 0.05) is 6.04 Å². The highest BCUT2D eigenvalue weighted by atomic mass is 32.2. The van der Waals surface area contributed by atoms with Gasteiger partial charge in [-0.3, -0.25) is 4.79 Å². The summed E-state index contributed by atoms with van der Waals surface area (Å²) in [5, 5.41) is 8.62. The van der Waals surface area contributed by atoms with Crippen LogP contribution < -0.4 is 11.1 Å². The molecule has 1 amide bonds. The lowest BCUT2D eigenvalue weighted by atomic mass is 10.2. The number of nitrogens with zero attached hydrogens (tertiary/aromatic N) is 2. The zero-order valence-electron chi connectivity index (χ0n) is 10.5. The standard InChI is InChI=1S/C10H16N4O3S2/c1-6(8(15)12-7-4-2-3-5-7)19(16,17)10-14-13-9(11)18-10/h6-7H,2-5H2,1H3,(H2,11,13)(H,12,15)/t6-/m0/s1. The maximum Gasteiger partial charge on any atom is 0.238 e. The minimum absolute atomic E-state index is 0.0713. The normalized spacial score (nSPS) is 18.4. The number of anilines is 1. The van der Waals surface area contributed by atoms with Crippen LogP contribution in [-0.4, -0.2) is 35.8 Å². The number of hydrogen-bond donors (Lipinski definition) is 2. The van der Waals surface area contributed by atoms with Gasteiger partial charge in [-0.25, -0.2) is 8.42 Å². The lowest BCUT2D eigenvalue weighted by Crippen LogP contribution is -2.42. The lowest BCUT2D eigenvalue weighted by Gasteiger charge is -2.15. The summed E-state index contributed by atoms with van der Waals surface area (Å²) in [4.78, 5) is 12.0. The Morgan fingerprint density at radius 1 is 1.42 bits per heavy atom. The van der Waals surface area contributed by atoms with E-state index in [0.717, 1.165) is 37.0 Å². The third-order valence-corrected chi connectivity index (χ3v) is 6.41. The molecule has 0 bridgehead atoms. The summed E-state index contributed by atoms with van der Waals surface area (Å²) < 4.78 is 24.1. The molecule has 1 aromatic rings. The summed E-state index contributed by atoms with van der Waals surface area (Å²) in [5.41, 5.74) is 5.36. The smallest absolute Gasteiger partial charge is 0.238 e. The predicted octanol–water partition coefficient (Wildman–Crippen LogP) is 0.341. The van der Waals surface area contributed by atoms with Crippen LogP contribution in [-0.2, 0) is 14.6 Å². The molecule has 0 radical (unpaired) electrons. The van der Waals surface area contributed by atoms with Crippen molar-refractivity contribution in [3.63, 3.8) is 0 Å². The van der Waals surface area contributed by atoms with E-state index in [1.807, 2.05) is 0 Å².